The van der Waals surface area contributed by atoms with Crippen LogP contribution in [-0.2, 0) is 4.74 Å². The average Bonchev–Trinajstić information content (AvgIpc) is 2.50. The number of anilines is 1. The zero-order valence-electron chi connectivity index (χ0n) is 8.77. The number of carbonyl (C=O) groups is 1. The van der Waals surface area contributed by atoms with Crippen LogP contribution in [0.25, 0.3) is 0 Å². The first-order chi connectivity index (χ1) is 6.50. The number of ether oxygens (including phenoxy) is 1. The number of rotatable bonds is 3. The third-order valence-corrected chi connectivity index (χ3v) is 2.57. The fourth-order valence-corrected chi connectivity index (χ4v) is 1.56. The summed E-state index contributed by atoms with van der Waals surface area (Å²) in [5.41, 5.74) is 0. The second-order valence-electron chi connectivity index (χ2n) is 3.36. The molecule has 0 N–H and O–H groups in total. The molecule has 0 atom stereocenters. The van der Waals surface area contributed by atoms with Crippen molar-refractivity contribution in [2.75, 3.05) is 19.0 Å². The van der Waals surface area contributed by atoms with E-state index in [9.17, 15) is 4.79 Å². The molecular weight excluding hydrogens is 200 g/mol. The van der Waals surface area contributed by atoms with Gasteiger partial charge in [0, 0.05) is 14.1 Å². The van der Waals surface area contributed by atoms with Crippen LogP contribution in [0.3, 0.4) is 0 Å². The van der Waals surface area contributed by atoms with E-state index in [2.05, 4.69) is 4.98 Å². The monoisotopic (exact) mass is 214 g/mol. The van der Waals surface area contributed by atoms with E-state index in [1.165, 1.54) is 11.3 Å². The summed E-state index contributed by atoms with van der Waals surface area (Å²) in [5, 5.41) is 0.806. The second-order valence-corrected chi connectivity index (χ2v) is 4.36. The van der Waals surface area contributed by atoms with Gasteiger partial charge in [0.15, 0.2) is 5.13 Å². The SMILES string of the molecule is CC(C)OC(=O)c1cnc(N(C)C)s1. The third kappa shape index (κ3) is 2.70. The molecule has 14 heavy (non-hydrogen) atoms. The first-order valence-corrected chi connectivity index (χ1v) is 5.16. The first kappa shape index (κ1) is 11.0. The van der Waals surface area contributed by atoms with Crippen molar-refractivity contribution in [2.45, 2.75) is 20.0 Å². The van der Waals surface area contributed by atoms with Crippen LogP contribution in [0.2, 0.25) is 0 Å². The van der Waals surface area contributed by atoms with Crippen LogP contribution in [0.1, 0.15) is 23.5 Å². The molecule has 0 aliphatic carbocycles. The van der Waals surface area contributed by atoms with Gasteiger partial charge in [-0.15, -0.1) is 0 Å². The largest absolute Gasteiger partial charge is 0.459 e. The Morgan fingerprint density at radius 2 is 2.21 bits per heavy atom. The maximum absolute atomic E-state index is 11.4. The minimum absolute atomic E-state index is 0.0904. The van der Waals surface area contributed by atoms with Gasteiger partial charge in [0.2, 0.25) is 0 Å². The predicted molar refractivity (Wildman–Crippen MR) is 57.0 cm³/mol. The van der Waals surface area contributed by atoms with Crippen molar-refractivity contribution in [1.82, 2.24) is 4.98 Å². The molecule has 0 amide bonds. The van der Waals surface area contributed by atoms with Crippen molar-refractivity contribution in [3.05, 3.63) is 11.1 Å². The van der Waals surface area contributed by atoms with E-state index in [1.807, 2.05) is 32.8 Å². The van der Waals surface area contributed by atoms with Gasteiger partial charge >= 0.3 is 5.97 Å². The zero-order valence-corrected chi connectivity index (χ0v) is 9.59. The number of aromatic nitrogens is 1. The highest BCUT2D eigenvalue weighted by Gasteiger charge is 2.13. The molecule has 0 unspecified atom stereocenters. The molecule has 0 fully saturated rings. The predicted octanol–water partition coefficient (Wildman–Crippen LogP) is 1.77. The molecule has 0 aliphatic rings. The molecule has 1 aromatic heterocycles. The molecule has 1 aromatic rings. The van der Waals surface area contributed by atoms with Gasteiger partial charge in [0.25, 0.3) is 0 Å². The van der Waals surface area contributed by atoms with Crippen molar-refractivity contribution < 1.29 is 9.53 Å². The second kappa shape index (κ2) is 4.41. The van der Waals surface area contributed by atoms with Crippen LogP contribution in [0, 0.1) is 0 Å². The quantitative estimate of drug-likeness (QED) is 0.719. The Balaban J connectivity index is 2.71. The van der Waals surface area contributed by atoms with E-state index in [-0.39, 0.29) is 12.1 Å². The molecule has 0 bridgehead atoms. The van der Waals surface area contributed by atoms with Crippen LogP contribution in [0.5, 0.6) is 0 Å². The van der Waals surface area contributed by atoms with E-state index in [0.717, 1.165) is 5.13 Å². The molecule has 0 spiro atoms. The molecule has 4 nitrogen and oxygen atoms in total. The number of hydrogen-bond donors (Lipinski definition) is 0. The van der Waals surface area contributed by atoms with Gasteiger partial charge in [-0.3, -0.25) is 0 Å². The van der Waals surface area contributed by atoms with E-state index in [4.69, 9.17) is 4.74 Å². The van der Waals surface area contributed by atoms with Gasteiger partial charge < -0.3 is 9.64 Å². The summed E-state index contributed by atoms with van der Waals surface area (Å²) in [4.78, 5) is 17.9. The summed E-state index contributed by atoms with van der Waals surface area (Å²) in [7, 11) is 3.77. The lowest BCUT2D eigenvalue weighted by Crippen LogP contribution is -2.10. The van der Waals surface area contributed by atoms with Crippen LogP contribution < -0.4 is 4.90 Å². The molecule has 1 rings (SSSR count). The van der Waals surface area contributed by atoms with Gasteiger partial charge in [-0.2, -0.15) is 0 Å². The summed E-state index contributed by atoms with van der Waals surface area (Å²) in [6, 6.07) is 0. The zero-order chi connectivity index (χ0) is 10.7. The van der Waals surface area contributed by atoms with Crippen molar-refractivity contribution in [2.24, 2.45) is 0 Å². The topological polar surface area (TPSA) is 42.4 Å². The number of nitrogens with zero attached hydrogens (tertiary/aromatic N) is 2. The molecule has 0 aliphatic heterocycles. The van der Waals surface area contributed by atoms with Crippen molar-refractivity contribution >= 4 is 22.4 Å². The number of thiazole rings is 1. The summed E-state index contributed by atoms with van der Waals surface area (Å²) < 4.78 is 5.04. The Labute approximate surface area is 87.5 Å². The van der Waals surface area contributed by atoms with Crippen molar-refractivity contribution in [1.29, 1.82) is 0 Å². The molecule has 0 saturated heterocycles. The lowest BCUT2D eigenvalue weighted by atomic mass is 10.5. The fourth-order valence-electron chi connectivity index (χ4n) is 0.838. The van der Waals surface area contributed by atoms with Gasteiger partial charge in [-0.05, 0) is 13.8 Å². The maximum Gasteiger partial charge on any atom is 0.350 e. The Hall–Kier alpha value is -1.10. The van der Waals surface area contributed by atoms with Crippen molar-refractivity contribution in [3.63, 3.8) is 0 Å². The number of carbonyl (C=O) groups excluding carboxylic acids is 1. The highest BCUT2D eigenvalue weighted by atomic mass is 32.1. The highest BCUT2D eigenvalue weighted by Crippen LogP contribution is 2.21. The van der Waals surface area contributed by atoms with Crippen molar-refractivity contribution in [3.8, 4) is 0 Å². The summed E-state index contributed by atoms with van der Waals surface area (Å²) in [6.45, 7) is 3.65. The molecule has 1 heterocycles. The molecular formula is C9H14N2O2S. The average molecular weight is 214 g/mol. The first-order valence-electron chi connectivity index (χ1n) is 4.35. The van der Waals surface area contributed by atoms with Crippen LogP contribution in [0.4, 0.5) is 5.13 Å². The van der Waals surface area contributed by atoms with Gasteiger partial charge in [-0.1, -0.05) is 11.3 Å². The third-order valence-electron chi connectivity index (χ3n) is 1.42. The van der Waals surface area contributed by atoms with Crippen LogP contribution in [-0.4, -0.2) is 31.2 Å². The number of esters is 1. The molecule has 5 heteroatoms. The van der Waals surface area contributed by atoms with E-state index >= 15 is 0 Å². The lowest BCUT2D eigenvalue weighted by Gasteiger charge is -2.06. The lowest BCUT2D eigenvalue weighted by molar-refractivity contribution is 0.0383. The Morgan fingerprint density at radius 1 is 1.57 bits per heavy atom. The Morgan fingerprint density at radius 3 is 2.64 bits per heavy atom. The van der Waals surface area contributed by atoms with Gasteiger partial charge in [0.1, 0.15) is 4.88 Å². The Kier molecular flexibility index (Phi) is 3.46. The normalized spacial score (nSPS) is 10.4. The minimum Gasteiger partial charge on any atom is -0.459 e. The fraction of sp³-hybridized carbons (Fsp3) is 0.556. The van der Waals surface area contributed by atoms with Gasteiger partial charge in [-0.25, -0.2) is 9.78 Å². The van der Waals surface area contributed by atoms with E-state index in [1.54, 1.807) is 6.20 Å². The molecule has 0 saturated carbocycles. The van der Waals surface area contributed by atoms with Crippen LogP contribution >= 0.6 is 11.3 Å². The minimum atomic E-state index is -0.300. The van der Waals surface area contributed by atoms with E-state index < -0.39 is 0 Å². The molecule has 0 radical (unpaired) electrons. The van der Waals surface area contributed by atoms with Crippen LogP contribution in [0.15, 0.2) is 6.20 Å². The highest BCUT2D eigenvalue weighted by molar-refractivity contribution is 7.17. The Bertz CT molecular complexity index is 320. The smallest absolute Gasteiger partial charge is 0.350 e. The maximum atomic E-state index is 11.4. The standard InChI is InChI=1S/C9H14N2O2S/c1-6(2)13-8(12)7-5-10-9(14-7)11(3)4/h5-6H,1-4H3. The van der Waals surface area contributed by atoms with E-state index in [0.29, 0.717) is 4.88 Å². The summed E-state index contributed by atoms with van der Waals surface area (Å²) in [5.74, 6) is -0.300. The number of hydrogen-bond acceptors (Lipinski definition) is 5. The molecule has 0 aromatic carbocycles. The summed E-state index contributed by atoms with van der Waals surface area (Å²) in [6.07, 6.45) is 1.46. The molecule has 78 valence electrons. The summed E-state index contributed by atoms with van der Waals surface area (Å²) >= 11 is 1.33. The van der Waals surface area contributed by atoms with Gasteiger partial charge in [0.05, 0.1) is 12.3 Å².